The summed E-state index contributed by atoms with van der Waals surface area (Å²) in [6.07, 6.45) is 0. The Balaban J connectivity index is 0. The minimum atomic E-state index is 0. The molecule has 0 unspecified atom stereocenters. The van der Waals surface area contributed by atoms with E-state index in [9.17, 15) is 0 Å². The zero-order chi connectivity index (χ0) is 0. The molecule has 47 valence electrons. The SMILES string of the molecule is [Cl-].[Cl-].[Cl-].[Cl-].[Cl-].[Cl-].[V+6]. The number of rotatable bonds is 0. The van der Waals surface area contributed by atoms with Crippen molar-refractivity contribution in [2.24, 2.45) is 0 Å². The number of hydrogen-bond donors (Lipinski definition) is 0. The Labute approximate surface area is 92.3 Å². The third-order valence-electron chi connectivity index (χ3n) is 0. The summed E-state index contributed by atoms with van der Waals surface area (Å²) < 4.78 is 0. The van der Waals surface area contributed by atoms with Crippen molar-refractivity contribution < 1.29 is 93.0 Å². The third-order valence-corrected chi connectivity index (χ3v) is 0. The Bertz CT molecular complexity index is 4.14. The van der Waals surface area contributed by atoms with Gasteiger partial charge in [-0.2, -0.15) is 0 Å². The van der Waals surface area contributed by atoms with E-state index < -0.39 is 0 Å². The van der Waals surface area contributed by atoms with Crippen LogP contribution in [0.25, 0.3) is 0 Å². The van der Waals surface area contributed by atoms with Crippen molar-refractivity contribution in [1.29, 1.82) is 0 Å². The molecule has 0 aliphatic heterocycles. The van der Waals surface area contributed by atoms with Gasteiger partial charge in [0, 0.05) is 0 Å². The first-order chi connectivity index (χ1) is 0. The molecule has 0 aliphatic rings. The van der Waals surface area contributed by atoms with E-state index in [1.54, 1.807) is 0 Å². The molecule has 0 aromatic rings. The molecule has 0 spiro atoms. The van der Waals surface area contributed by atoms with Gasteiger partial charge in [0.15, 0.2) is 0 Å². The molecule has 0 atom stereocenters. The van der Waals surface area contributed by atoms with Gasteiger partial charge in [0.05, 0.1) is 0 Å². The molecule has 0 amide bonds. The Kier molecular flexibility index (Phi) is 1410. The van der Waals surface area contributed by atoms with E-state index in [2.05, 4.69) is 0 Å². The van der Waals surface area contributed by atoms with E-state index >= 15 is 0 Å². The molecule has 7 heteroatoms. The minimum absolute atomic E-state index is 0. The van der Waals surface area contributed by atoms with E-state index in [4.69, 9.17) is 0 Å². The van der Waals surface area contributed by atoms with Crippen LogP contribution in [-0.4, -0.2) is 0 Å². The van der Waals surface area contributed by atoms with Crippen LogP contribution >= 0.6 is 0 Å². The Morgan fingerprint density at radius 2 is 0.286 bits per heavy atom. The molecule has 0 aliphatic carbocycles. The maximum Gasteiger partial charge on any atom is 6.00 e. The van der Waals surface area contributed by atoms with Crippen LogP contribution in [0.15, 0.2) is 0 Å². The van der Waals surface area contributed by atoms with Gasteiger partial charge in [0.2, 0.25) is 0 Å². The Morgan fingerprint density at radius 1 is 0.286 bits per heavy atom. The van der Waals surface area contributed by atoms with Crippen LogP contribution in [0.5, 0.6) is 0 Å². The zero-order valence-corrected chi connectivity index (χ0v) is 8.65. The van der Waals surface area contributed by atoms with Crippen LogP contribution in [0, 0.1) is 0 Å². The van der Waals surface area contributed by atoms with E-state index in [0.717, 1.165) is 0 Å². The molecule has 0 aromatic carbocycles. The summed E-state index contributed by atoms with van der Waals surface area (Å²) in [5.41, 5.74) is 0. The molecule has 0 N–H and O–H groups in total. The molecule has 0 fully saturated rings. The number of halogens is 6. The zero-order valence-electron chi connectivity index (χ0n) is 2.72. The summed E-state index contributed by atoms with van der Waals surface area (Å²) in [5, 5.41) is 0. The predicted molar refractivity (Wildman–Crippen MR) is 0 cm³/mol. The molecule has 0 aromatic heterocycles. The third kappa shape index (κ3) is 61.6. The summed E-state index contributed by atoms with van der Waals surface area (Å²) in [6, 6.07) is 0. The molecular formula is Cl6V. The first-order valence-electron chi connectivity index (χ1n) is 0. The fourth-order valence-electron chi connectivity index (χ4n) is 0. The van der Waals surface area contributed by atoms with Crippen LogP contribution < -0.4 is 74.4 Å². The van der Waals surface area contributed by atoms with E-state index in [1.807, 2.05) is 0 Å². The van der Waals surface area contributed by atoms with Crippen LogP contribution in [0.3, 0.4) is 0 Å². The second-order valence-corrected chi connectivity index (χ2v) is 0. The van der Waals surface area contributed by atoms with Crippen LogP contribution in [0.4, 0.5) is 0 Å². The van der Waals surface area contributed by atoms with Gasteiger partial charge in [0.1, 0.15) is 0 Å². The van der Waals surface area contributed by atoms with E-state index in [1.165, 1.54) is 0 Å². The molecule has 0 radical (unpaired) electrons. The quantitative estimate of drug-likeness (QED) is 0.407. The summed E-state index contributed by atoms with van der Waals surface area (Å²) in [5.74, 6) is 0. The van der Waals surface area contributed by atoms with Crippen molar-refractivity contribution >= 4 is 0 Å². The summed E-state index contributed by atoms with van der Waals surface area (Å²) in [6.45, 7) is 0. The van der Waals surface area contributed by atoms with Crippen molar-refractivity contribution in [2.75, 3.05) is 0 Å². The average molecular weight is 264 g/mol. The van der Waals surface area contributed by atoms with Gasteiger partial charge in [0.25, 0.3) is 0 Å². The van der Waals surface area contributed by atoms with Crippen molar-refractivity contribution in [3.8, 4) is 0 Å². The normalized spacial score (nSPS) is 0. The molecule has 7 heavy (non-hydrogen) atoms. The van der Waals surface area contributed by atoms with Crippen LogP contribution in [-0.2, 0) is 18.6 Å². The van der Waals surface area contributed by atoms with Gasteiger partial charge in [-0.1, -0.05) is 0 Å². The topological polar surface area (TPSA) is 0 Å². The van der Waals surface area contributed by atoms with E-state index in [0.29, 0.717) is 0 Å². The Hall–Kier alpha value is 2.32. The van der Waals surface area contributed by atoms with Gasteiger partial charge in [-0.05, 0) is 0 Å². The second-order valence-electron chi connectivity index (χ2n) is 0. The summed E-state index contributed by atoms with van der Waals surface area (Å²) in [4.78, 5) is 0. The predicted octanol–water partition coefficient (Wildman–Crippen LogP) is -18.0. The fourth-order valence-corrected chi connectivity index (χ4v) is 0. The molecular weight excluding hydrogens is 264 g/mol. The van der Waals surface area contributed by atoms with Crippen molar-refractivity contribution in [3.05, 3.63) is 0 Å². The monoisotopic (exact) mass is 261 g/mol. The maximum absolute atomic E-state index is 0. The molecule has 0 rings (SSSR count). The van der Waals surface area contributed by atoms with Crippen molar-refractivity contribution in [3.63, 3.8) is 0 Å². The minimum Gasteiger partial charge on any atom is -1.00 e. The molecule has 0 saturated carbocycles. The molecule has 0 bridgehead atoms. The summed E-state index contributed by atoms with van der Waals surface area (Å²) >= 11 is 0. The van der Waals surface area contributed by atoms with Gasteiger partial charge in [-0.15, -0.1) is 0 Å². The van der Waals surface area contributed by atoms with Gasteiger partial charge < -0.3 is 74.4 Å². The fraction of sp³-hybridized carbons (Fsp3) is 0. The van der Waals surface area contributed by atoms with Crippen molar-refractivity contribution in [2.45, 2.75) is 0 Å². The number of hydrogen-bond acceptors (Lipinski definition) is 0. The largest absolute Gasteiger partial charge is 6.00 e. The summed E-state index contributed by atoms with van der Waals surface area (Å²) in [7, 11) is 0. The Morgan fingerprint density at radius 3 is 0.286 bits per heavy atom. The first kappa shape index (κ1) is 120. The van der Waals surface area contributed by atoms with Crippen LogP contribution in [0.1, 0.15) is 0 Å². The van der Waals surface area contributed by atoms with Gasteiger partial charge in [-0.3, -0.25) is 0 Å². The molecule has 0 nitrogen and oxygen atoms in total. The first-order valence-corrected chi connectivity index (χ1v) is 0. The second kappa shape index (κ2) is 82.7. The molecule has 0 saturated heterocycles. The average Bonchev–Trinajstić information content (AvgIpc) is 0. The van der Waals surface area contributed by atoms with Gasteiger partial charge >= 0.3 is 18.6 Å². The standard InChI is InChI=1S/6ClH.V/h6*1H;/q;;;;;;+6/p-6. The molecule has 0 heterocycles. The van der Waals surface area contributed by atoms with E-state index in [-0.39, 0.29) is 93.0 Å². The van der Waals surface area contributed by atoms with Gasteiger partial charge in [-0.25, -0.2) is 0 Å². The van der Waals surface area contributed by atoms with Crippen LogP contribution in [0.2, 0.25) is 0 Å². The maximum atomic E-state index is 0. The smallest absolute Gasteiger partial charge is 1.00 e. The van der Waals surface area contributed by atoms with Crippen molar-refractivity contribution in [1.82, 2.24) is 0 Å².